The highest BCUT2D eigenvalue weighted by Crippen LogP contribution is 2.25. The van der Waals surface area contributed by atoms with Gasteiger partial charge in [-0.05, 0) is 43.4 Å². The Kier molecular flexibility index (Phi) is 9.48. The smallest absolute Gasteiger partial charge is 0.194 e. The van der Waals surface area contributed by atoms with Gasteiger partial charge >= 0.3 is 0 Å². The maximum atomic E-state index is 4.94. The normalized spacial score (nSPS) is 20.7. The van der Waals surface area contributed by atoms with Crippen molar-refractivity contribution in [1.29, 1.82) is 0 Å². The summed E-state index contributed by atoms with van der Waals surface area (Å²) >= 11 is 2.10. The van der Waals surface area contributed by atoms with Gasteiger partial charge in [0.15, 0.2) is 5.96 Å². The van der Waals surface area contributed by atoms with Crippen molar-refractivity contribution in [3.8, 4) is 0 Å². The quantitative estimate of drug-likeness (QED) is 0.376. The van der Waals surface area contributed by atoms with Crippen LogP contribution < -0.4 is 10.2 Å². The number of thioether (sulfide) groups is 1. The number of guanidine groups is 1. The third kappa shape index (κ3) is 6.41. The first-order valence-electron chi connectivity index (χ1n) is 10.0. The van der Waals surface area contributed by atoms with Crippen LogP contribution in [0.4, 0.5) is 5.82 Å². The maximum Gasteiger partial charge on any atom is 0.194 e. The van der Waals surface area contributed by atoms with Crippen molar-refractivity contribution in [2.45, 2.75) is 45.4 Å². The van der Waals surface area contributed by atoms with Crippen LogP contribution in [0.1, 0.15) is 39.2 Å². The van der Waals surface area contributed by atoms with Gasteiger partial charge in [0.1, 0.15) is 5.82 Å². The van der Waals surface area contributed by atoms with Crippen LogP contribution in [0.25, 0.3) is 0 Å². The molecule has 2 fully saturated rings. The van der Waals surface area contributed by atoms with Crippen molar-refractivity contribution >= 4 is 47.5 Å². The van der Waals surface area contributed by atoms with Gasteiger partial charge in [-0.2, -0.15) is 11.8 Å². The van der Waals surface area contributed by atoms with Crippen LogP contribution >= 0.6 is 35.7 Å². The predicted octanol–water partition coefficient (Wildman–Crippen LogP) is 3.84. The molecule has 7 heteroatoms. The van der Waals surface area contributed by atoms with Gasteiger partial charge < -0.3 is 15.1 Å². The summed E-state index contributed by atoms with van der Waals surface area (Å²) in [5.41, 5.74) is 1.24. The zero-order valence-corrected chi connectivity index (χ0v) is 20.0. The molecule has 5 nitrogen and oxygen atoms in total. The lowest BCUT2D eigenvalue weighted by Crippen LogP contribution is -2.49. The molecule has 0 spiro atoms. The van der Waals surface area contributed by atoms with Crippen LogP contribution in [0.2, 0.25) is 0 Å². The SMILES string of the molecule is CCNC(=NCc1ccnc(N2CCCC2)c1)N1CCSC(C(C)C)C1.I. The molecular weight excluding hydrogens is 469 g/mol. The Morgan fingerprint density at radius 1 is 1.33 bits per heavy atom. The fourth-order valence-electron chi connectivity index (χ4n) is 3.54. The fourth-order valence-corrected chi connectivity index (χ4v) is 4.84. The minimum Gasteiger partial charge on any atom is -0.357 e. The molecule has 1 aromatic rings. The second kappa shape index (κ2) is 11.3. The van der Waals surface area contributed by atoms with Gasteiger partial charge in [0, 0.05) is 49.9 Å². The first-order valence-corrected chi connectivity index (χ1v) is 11.1. The second-order valence-electron chi connectivity index (χ2n) is 7.49. The molecule has 1 N–H and O–H groups in total. The number of halogens is 1. The summed E-state index contributed by atoms with van der Waals surface area (Å²) in [6.07, 6.45) is 4.48. The molecule has 1 unspecified atom stereocenters. The van der Waals surface area contributed by atoms with Gasteiger partial charge in [0.2, 0.25) is 0 Å². The lowest BCUT2D eigenvalue weighted by Gasteiger charge is -2.36. The van der Waals surface area contributed by atoms with Gasteiger partial charge in [-0.25, -0.2) is 9.98 Å². The van der Waals surface area contributed by atoms with Crippen LogP contribution in [0.5, 0.6) is 0 Å². The van der Waals surface area contributed by atoms with E-state index in [-0.39, 0.29) is 24.0 Å². The summed E-state index contributed by atoms with van der Waals surface area (Å²) in [6, 6.07) is 4.30. The van der Waals surface area contributed by atoms with Crippen molar-refractivity contribution in [2.75, 3.05) is 43.4 Å². The van der Waals surface area contributed by atoms with Crippen molar-refractivity contribution in [1.82, 2.24) is 15.2 Å². The minimum absolute atomic E-state index is 0. The van der Waals surface area contributed by atoms with E-state index < -0.39 is 0 Å². The van der Waals surface area contributed by atoms with Crippen LogP contribution in [-0.2, 0) is 6.54 Å². The van der Waals surface area contributed by atoms with Crippen LogP contribution in [0.3, 0.4) is 0 Å². The van der Waals surface area contributed by atoms with E-state index >= 15 is 0 Å². The molecule has 3 heterocycles. The van der Waals surface area contributed by atoms with Crippen LogP contribution in [-0.4, -0.2) is 59.6 Å². The lowest BCUT2D eigenvalue weighted by atomic mass is 10.1. The Hall–Kier alpha value is -0.700. The Bertz CT molecular complexity index is 604. The molecule has 152 valence electrons. The number of hydrogen-bond acceptors (Lipinski definition) is 4. The number of pyridine rings is 1. The van der Waals surface area contributed by atoms with Gasteiger partial charge in [-0.3, -0.25) is 0 Å². The van der Waals surface area contributed by atoms with Gasteiger partial charge in [0.25, 0.3) is 0 Å². The van der Waals surface area contributed by atoms with Gasteiger partial charge in [0.05, 0.1) is 6.54 Å². The molecule has 0 aromatic carbocycles. The first kappa shape index (κ1) is 22.6. The Balaban J connectivity index is 0.00000261. The summed E-state index contributed by atoms with van der Waals surface area (Å²) in [6.45, 7) is 12.8. The van der Waals surface area contributed by atoms with E-state index in [1.807, 2.05) is 6.20 Å². The van der Waals surface area contributed by atoms with E-state index in [4.69, 9.17) is 4.99 Å². The number of anilines is 1. The molecule has 0 aliphatic carbocycles. The molecule has 0 bridgehead atoms. The molecule has 2 aliphatic rings. The van der Waals surface area contributed by atoms with Crippen LogP contribution in [0.15, 0.2) is 23.3 Å². The zero-order valence-electron chi connectivity index (χ0n) is 16.9. The van der Waals surface area contributed by atoms with E-state index in [0.717, 1.165) is 44.5 Å². The van der Waals surface area contributed by atoms with Crippen LogP contribution in [0, 0.1) is 5.92 Å². The average Bonchev–Trinajstić information content (AvgIpc) is 3.20. The number of nitrogens with one attached hydrogen (secondary N) is 1. The van der Waals surface area contributed by atoms with E-state index in [1.165, 1.54) is 24.2 Å². The molecule has 3 rings (SSSR count). The minimum atomic E-state index is 0. The highest BCUT2D eigenvalue weighted by Gasteiger charge is 2.24. The predicted molar refractivity (Wildman–Crippen MR) is 129 cm³/mol. The maximum absolute atomic E-state index is 4.94. The highest BCUT2D eigenvalue weighted by atomic mass is 127. The monoisotopic (exact) mass is 503 g/mol. The Morgan fingerprint density at radius 2 is 2.11 bits per heavy atom. The lowest BCUT2D eigenvalue weighted by molar-refractivity contribution is 0.381. The fraction of sp³-hybridized carbons (Fsp3) is 0.700. The first-order chi connectivity index (χ1) is 12.7. The largest absolute Gasteiger partial charge is 0.357 e. The molecule has 1 aromatic heterocycles. The molecule has 0 saturated carbocycles. The zero-order chi connectivity index (χ0) is 18.4. The standard InChI is InChI=1S/C20H33N5S.HI/c1-4-21-20(25-11-12-26-18(15-25)16(2)3)23-14-17-7-8-22-19(13-17)24-9-5-6-10-24;/h7-8,13,16,18H,4-6,9-12,14-15H2,1-3H3,(H,21,23);1H. The number of rotatable bonds is 5. The molecule has 0 amide bonds. The van der Waals surface area contributed by atoms with E-state index in [0.29, 0.717) is 17.7 Å². The van der Waals surface area contributed by atoms with Crippen molar-refractivity contribution in [3.05, 3.63) is 23.9 Å². The van der Waals surface area contributed by atoms with Crippen molar-refractivity contribution in [3.63, 3.8) is 0 Å². The molecule has 27 heavy (non-hydrogen) atoms. The summed E-state index contributed by atoms with van der Waals surface area (Å²) in [5, 5.41) is 4.18. The number of hydrogen-bond donors (Lipinski definition) is 1. The van der Waals surface area contributed by atoms with Gasteiger partial charge in [-0.1, -0.05) is 13.8 Å². The number of aliphatic imine (C=N–C) groups is 1. The highest BCUT2D eigenvalue weighted by molar-refractivity contribution is 14.0. The summed E-state index contributed by atoms with van der Waals surface area (Å²) in [7, 11) is 0. The van der Waals surface area contributed by atoms with E-state index in [9.17, 15) is 0 Å². The molecular formula is C20H34IN5S. The molecule has 2 aliphatic heterocycles. The Morgan fingerprint density at radius 3 is 2.81 bits per heavy atom. The Labute approximate surface area is 185 Å². The molecule has 2 saturated heterocycles. The van der Waals surface area contributed by atoms with E-state index in [1.54, 1.807) is 0 Å². The van der Waals surface area contributed by atoms with Gasteiger partial charge in [-0.15, -0.1) is 24.0 Å². The number of nitrogens with zero attached hydrogens (tertiary/aromatic N) is 4. The topological polar surface area (TPSA) is 43.8 Å². The third-order valence-electron chi connectivity index (χ3n) is 5.12. The molecule has 1 atom stereocenters. The summed E-state index contributed by atoms with van der Waals surface area (Å²) < 4.78 is 0. The van der Waals surface area contributed by atoms with Crippen molar-refractivity contribution < 1.29 is 0 Å². The molecule has 0 radical (unpaired) electrons. The summed E-state index contributed by atoms with van der Waals surface area (Å²) in [4.78, 5) is 14.3. The van der Waals surface area contributed by atoms with Crippen molar-refractivity contribution in [2.24, 2.45) is 10.9 Å². The van der Waals surface area contributed by atoms with E-state index in [2.05, 4.69) is 64.8 Å². The third-order valence-corrected chi connectivity index (χ3v) is 6.66. The summed E-state index contributed by atoms with van der Waals surface area (Å²) in [5.74, 6) is 4.04. The average molecular weight is 503 g/mol. The second-order valence-corrected chi connectivity index (χ2v) is 8.83. The number of aromatic nitrogens is 1.